The Morgan fingerprint density at radius 3 is 2.77 bits per heavy atom. The average molecular weight is 358 g/mol. The summed E-state index contributed by atoms with van der Waals surface area (Å²) in [6.45, 7) is 4.29. The summed E-state index contributed by atoms with van der Waals surface area (Å²) in [5, 5.41) is 8.36. The average Bonchev–Trinajstić information content (AvgIpc) is 2.92. The van der Waals surface area contributed by atoms with E-state index >= 15 is 0 Å². The van der Waals surface area contributed by atoms with Crippen LogP contribution in [0.3, 0.4) is 0 Å². The van der Waals surface area contributed by atoms with Crippen molar-refractivity contribution in [2.75, 3.05) is 11.9 Å². The molecular weight excluding hydrogens is 341 g/mol. The zero-order chi connectivity index (χ0) is 16.1. The third-order valence-electron chi connectivity index (χ3n) is 3.13. The maximum absolute atomic E-state index is 11.8. The van der Waals surface area contributed by atoms with E-state index in [1.165, 1.54) is 11.3 Å². The third-order valence-corrected chi connectivity index (χ3v) is 4.82. The molecule has 22 heavy (non-hydrogen) atoms. The number of halogens is 2. The van der Waals surface area contributed by atoms with Gasteiger partial charge in [0.25, 0.3) is 0 Å². The number of nitrogens with one attached hydrogen (secondary N) is 1. The van der Waals surface area contributed by atoms with Crippen molar-refractivity contribution in [3.8, 4) is 0 Å². The highest BCUT2D eigenvalue weighted by molar-refractivity contribution is 7.08. The number of hydrogen-bond donors (Lipinski definition) is 1. The molecule has 0 saturated heterocycles. The number of esters is 1. The highest BCUT2D eigenvalue weighted by Gasteiger charge is 2.13. The predicted octanol–water partition coefficient (Wildman–Crippen LogP) is 5.60. The molecule has 0 atom stereocenters. The summed E-state index contributed by atoms with van der Waals surface area (Å²) in [5.41, 5.74) is 3.36. The number of hydrogen-bond acceptors (Lipinski definition) is 4. The molecule has 2 aromatic rings. The van der Waals surface area contributed by atoms with E-state index in [2.05, 4.69) is 5.32 Å². The number of benzene rings is 1. The molecule has 6 heteroatoms. The molecule has 0 saturated carbocycles. The minimum atomic E-state index is -0.221. The van der Waals surface area contributed by atoms with Gasteiger partial charge in [0.1, 0.15) is 0 Å². The molecule has 118 valence electrons. The fraction of sp³-hybridized carbons (Fsp3) is 0.312. The van der Waals surface area contributed by atoms with Crippen LogP contribution in [0.4, 0.5) is 11.4 Å². The van der Waals surface area contributed by atoms with Gasteiger partial charge < -0.3 is 10.1 Å². The van der Waals surface area contributed by atoms with E-state index in [0.29, 0.717) is 16.7 Å². The predicted molar refractivity (Wildman–Crippen MR) is 93.8 cm³/mol. The largest absolute Gasteiger partial charge is 0.465 e. The topological polar surface area (TPSA) is 38.3 Å². The smallest absolute Gasteiger partial charge is 0.310 e. The van der Waals surface area contributed by atoms with Crippen molar-refractivity contribution in [3.05, 3.63) is 44.1 Å². The minimum Gasteiger partial charge on any atom is -0.465 e. The van der Waals surface area contributed by atoms with Gasteiger partial charge in [0.15, 0.2) is 0 Å². The standard InChI is InChI=1S/C16H17Cl2NO2S/c1-3-6-21-15(20)7-11-8-22-9-14(11)19-13-5-4-12(17)10(2)16(13)18/h4-5,8-9,19H,3,6-7H2,1-2H3. The van der Waals surface area contributed by atoms with Crippen LogP contribution in [0.5, 0.6) is 0 Å². The van der Waals surface area contributed by atoms with Crippen LogP contribution in [0, 0.1) is 6.92 Å². The molecule has 1 aromatic heterocycles. The lowest BCUT2D eigenvalue weighted by Crippen LogP contribution is -2.09. The van der Waals surface area contributed by atoms with Crippen LogP contribution in [-0.4, -0.2) is 12.6 Å². The Morgan fingerprint density at radius 1 is 1.27 bits per heavy atom. The molecule has 1 aromatic carbocycles. The van der Waals surface area contributed by atoms with Crippen LogP contribution in [-0.2, 0) is 16.0 Å². The van der Waals surface area contributed by atoms with Gasteiger partial charge in [0.05, 0.1) is 29.4 Å². The van der Waals surface area contributed by atoms with E-state index in [4.69, 9.17) is 27.9 Å². The summed E-state index contributed by atoms with van der Waals surface area (Å²) in [6.07, 6.45) is 1.07. The number of rotatable bonds is 6. The van der Waals surface area contributed by atoms with Crippen LogP contribution in [0.15, 0.2) is 22.9 Å². The van der Waals surface area contributed by atoms with Crippen molar-refractivity contribution in [2.45, 2.75) is 26.7 Å². The number of ether oxygens (including phenoxy) is 1. The SMILES string of the molecule is CCCOC(=O)Cc1cscc1Nc1ccc(Cl)c(C)c1Cl. The summed E-state index contributed by atoms with van der Waals surface area (Å²) in [4.78, 5) is 11.8. The first kappa shape index (κ1) is 17.1. The molecule has 2 rings (SSSR count). The fourth-order valence-corrected chi connectivity index (χ4v) is 3.10. The number of carbonyl (C=O) groups excluding carboxylic acids is 1. The lowest BCUT2D eigenvalue weighted by molar-refractivity contribution is -0.142. The highest BCUT2D eigenvalue weighted by atomic mass is 35.5. The van der Waals surface area contributed by atoms with Gasteiger partial charge in [-0.15, -0.1) is 11.3 Å². The van der Waals surface area contributed by atoms with E-state index in [1.54, 1.807) is 6.07 Å². The zero-order valence-corrected chi connectivity index (χ0v) is 14.7. The quantitative estimate of drug-likeness (QED) is 0.683. The van der Waals surface area contributed by atoms with Gasteiger partial charge in [-0.1, -0.05) is 30.1 Å². The second kappa shape index (κ2) is 7.86. The second-order valence-electron chi connectivity index (χ2n) is 4.87. The van der Waals surface area contributed by atoms with E-state index in [0.717, 1.165) is 28.9 Å². The zero-order valence-electron chi connectivity index (χ0n) is 12.4. The molecule has 0 spiro atoms. The molecule has 0 aliphatic rings. The van der Waals surface area contributed by atoms with Gasteiger partial charge in [-0.2, -0.15) is 0 Å². The first-order valence-electron chi connectivity index (χ1n) is 6.95. The molecule has 1 N–H and O–H groups in total. The van der Waals surface area contributed by atoms with Crippen LogP contribution in [0.25, 0.3) is 0 Å². The molecule has 0 unspecified atom stereocenters. The van der Waals surface area contributed by atoms with E-state index in [-0.39, 0.29) is 12.4 Å². The molecule has 0 amide bonds. The molecule has 0 radical (unpaired) electrons. The summed E-state index contributed by atoms with van der Waals surface area (Å²) in [6, 6.07) is 3.63. The maximum atomic E-state index is 11.8. The minimum absolute atomic E-state index is 0.221. The molecule has 1 heterocycles. The third kappa shape index (κ3) is 4.15. The van der Waals surface area contributed by atoms with Crippen molar-refractivity contribution in [3.63, 3.8) is 0 Å². The summed E-state index contributed by atoms with van der Waals surface area (Å²) >= 11 is 13.9. The first-order valence-corrected chi connectivity index (χ1v) is 8.65. The van der Waals surface area contributed by atoms with Gasteiger partial charge in [0, 0.05) is 10.4 Å². The Balaban J connectivity index is 2.13. The Morgan fingerprint density at radius 2 is 2.05 bits per heavy atom. The normalized spacial score (nSPS) is 10.5. The maximum Gasteiger partial charge on any atom is 0.310 e. The van der Waals surface area contributed by atoms with E-state index in [1.807, 2.05) is 30.7 Å². The van der Waals surface area contributed by atoms with Crippen molar-refractivity contribution in [1.29, 1.82) is 0 Å². The van der Waals surface area contributed by atoms with Crippen LogP contribution < -0.4 is 5.32 Å². The summed E-state index contributed by atoms with van der Waals surface area (Å²) < 4.78 is 5.12. The Hall–Kier alpha value is -1.23. The number of carbonyl (C=O) groups is 1. The lowest BCUT2D eigenvalue weighted by Gasteiger charge is -2.12. The van der Waals surface area contributed by atoms with E-state index < -0.39 is 0 Å². The number of thiophene rings is 1. The Bertz CT molecular complexity index is 670. The van der Waals surface area contributed by atoms with Gasteiger partial charge in [-0.25, -0.2) is 0 Å². The molecule has 0 fully saturated rings. The van der Waals surface area contributed by atoms with Gasteiger partial charge in [-0.3, -0.25) is 4.79 Å². The highest BCUT2D eigenvalue weighted by Crippen LogP contribution is 2.34. The summed E-state index contributed by atoms with van der Waals surface area (Å²) in [7, 11) is 0. The lowest BCUT2D eigenvalue weighted by atomic mass is 10.2. The Kier molecular flexibility index (Phi) is 6.12. The van der Waals surface area contributed by atoms with Crippen molar-refractivity contribution in [1.82, 2.24) is 0 Å². The van der Waals surface area contributed by atoms with Crippen molar-refractivity contribution in [2.24, 2.45) is 0 Å². The molecular formula is C16H17Cl2NO2S. The second-order valence-corrected chi connectivity index (χ2v) is 6.40. The molecule has 0 aliphatic carbocycles. The molecule has 0 bridgehead atoms. The van der Waals surface area contributed by atoms with Crippen LogP contribution in [0.1, 0.15) is 24.5 Å². The monoisotopic (exact) mass is 357 g/mol. The molecule has 3 nitrogen and oxygen atoms in total. The van der Waals surface area contributed by atoms with Crippen LogP contribution >= 0.6 is 34.5 Å². The Labute approximate surface area is 144 Å². The summed E-state index contributed by atoms with van der Waals surface area (Å²) in [5.74, 6) is -0.221. The molecule has 0 aliphatic heterocycles. The van der Waals surface area contributed by atoms with Crippen LogP contribution in [0.2, 0.25) is 10.0 Å². The van der Waals surface area contributed by atoms with Crippen molar-refractivity contribution < 1.29 is 9.53 Å². The van der Waals surface area contributed by atoms with Gasteiger partial charge in [-0.05, 0) is 42.0 Å². The fourth-order valence-electron chi connectivity index (χ4n) is 1.90. The first-order chi connectivity index (χ1) is 10.5. The van der Waals surface area contributed by atoms with E-state index in [9.17, 15) is 4.79 Å². The van der Waals surface area contributed by atoms with Crippen molar-refractivity contribution >= 4 is 51.9 Å². The van der Waals surface area contributed by atoms with Gasteiger partial charge in [0.2, 0.25) is 0 Å². The van der Waals surface area contributed by atoms with Gasteiger partial charge >= 0.3 is 5.97 Å². The number of anilines is 2.